The van der Waals surface area contributed by atoms with Crippen LogP contribution < -0.4 is 14.8 Å². The van der Waals surface area contributed by atoms with Gasteiger partial charge in [-0.2, -0.15) is 4.72 Å². The fraction of sp³-hybridized carbons (Fsp3) is 0.435. The molecule has 2 atom stereocenters. The second-order valence-electron chi connectivity index (χ2n) is 7.60. The summed E-state index contributed by atoms with van der Waals surface area (Å²) >= 11 is 0. The van der Waals surface area contributed by atoms with E-state index in [1.54, 1.807) is 19.1 Å². The summed E-state index contributed by atoms with van der Waals surface area (Å²) in [5.41, 5.74) is 1.58. The molecule has 0 bridgehead atoms. The molecule has 0 spiro atoms. The first kappa shape index (κ1) is 23.2. The van der Waals surface area contributed by atoms with Crippen molar-refractivity contribution in [1.29, 1.82) is 0 Å². The van der Waals surface area contributed by atoms with Crippen LogP contribution in [-0.4, -0.2) is 46.2 Å². The molecule has 0 aliphatic carbocycles. The summed E-state index contributed by atoms with van der Waals surface area (Å²) in [6.45, 7) is 5.22. The van der Waals surface area contributed by atoms with E-state index in [1.807, 2.05) is 37.3 Å². The molecule has 1 aliphatic rings. The number of ether oxygens (including phenoxy) is 2. The highest BCUT2D eigenvalue weighted by Gasteiger charge is 2.27. The van der Waals surface area contributed by atoms with Crippen molar-refractivity contribution in [1.82, 2.24) is 10.0 Å². The summed E-state index contributed by atoms with van der Waals surface area (Å²) in [5.74, 6) is 0.266. The van der Waals surface area contributed by atoms with Crippen LogP contribution in [0, 0.1) is 6.92 Å². The molecule has 168 valence electrons. The number of aryl methyl sites for hydroxylation is 1. The molecular formula is C23H30N2O5S. The van der Waals surface area contributed by atoms with Crippen LogP contribution in [0.2, 0.25) is 0 Å². The van der Waals surface area contributed by atoms with Gasteiger partial charge in [-0.25, -0.2) is 8.42 Å². The molecule has 3 rings (SSSR count). The van der Waals surface area contributed by atoms with Crippen LogP contribution in [0.4, 0.5) is 0 Å². The highest BCUT2D eigenvalue weighted by atomic mass is 32.2. The van der Waals surface area contributed by atoms with Crippen molar-refractivity contribution < 1.29 is 22.7 Å². The first-order chi connectivity index (χ1) is 14.9. The Bertz CT molecular complexity index is 973. The van der Waals surface area contributed by atoms with Gasteiger partial charge in [0, 0.05) is 13.2 Å². The lowest BCUT2D eigenvalue weighted by atomic mass is 10.1. The first-order valence-corrected chi connectivity index (χ1v) is 12.1. The van der Waals surface area contributed by atoms with Gasteiger partial charge >= 0.3 is 0 Å². The van der Waals surface area contributed by atoms with E-state index >= 15 is 0 Å². The number of amides is 1. The van der Waals surface area contributed by atoms with Gasteiger partial charge in [0.25, 0.3) is 0 Å². The zero-order valence-corrected chi connectivity index (χ0v) is 18.8. The van der Waals surface area contributed by atoms with Gasteiger partial charge in [-0.15, -0.1) is 0 Å². The summed E-state index contributed by atoms with van der Waals surface area (Å²) in [4.78, 5) is 13.0. The van der Waals surface area contributed by atoms with Gasteiger partial charge in [0.1, 0.15) is 11.8 Å². The molecule has 1 fully saturated rings. The number of rotatable bonds is 10. The van der Waals surface area contributed by atoms with E-state index in [1.165, 1.54) is 6.07 Å². The SMILES string of the molecule is CCOc1ccc(S(=O)(=O)NC(Cc2ccccc2)C(=O)NCC2CCCO2)cc1C. The minimum atomic E-state index is -3.91. The normalized spacial score (nSPS) is 17.3. The molecule has 1 aliphatic heterocycles. The number of sulfonamides is 1. The number of hydrogen-bond acceptors (Lipinski definition) is 5. The summed E-state index contributed by atoms with van der Waals surface area (Å²) in [7, 11) is -3.91. The van der Waals surface area contributed by atoms with Gasteiger partial charge in [-0.3, -0.25) is 4.79 Å². The molecule has 1 heterocycles. The molecule has 0 saturated carbocycles. The number of carbonyl (C=O) groups excluding carboxylic acids is 1. The monoisotopic (exact) mass is 446 g/mol. The van der Waals surface area contributed by atoms with E-state index in [2.05, 4.69) is 10.0 Å². The molecular weight excluding hydrogens is 416 g/mol. The van der Waals surface area contributed by atoms with Crippen molar-refractivity contribution in [3.63, 3.8) is 0 Å². The standard InChI is InChI=1S/C23H30N2O5S/c1-3-29-22-12-11-20(14-17(22)2)31(27,28)25-21(15-18-8-5-4-6-9-18)23(26)24-16-19-10-7-13-30-19/h4-6,8-9,11-12,14,19,21,25H,3,7,10,13,15-16H2,1-2H3,(H,24,26). The molecule has 1 amide bonds. The zero-order valence-electron chi connectivity index (χ0n) is 18.0. The van der Waals surface area contributed by atoms with E-state index in [4.69, 9.17) is 9.47 Å². The Kier molecular flexibility index (Phi) is 8.06. The third-order valence-corrected chi connectivity index (χ3v) is 6.65. The number of nitrogens with one attached hydrogen (secondary N) is 2. The molecule has 2 N–H and O–H groups in total. The van der Waals surface area contributed by atoms with Gasteiger partial charge < -0.3 is 14.8 Å². The van der Waals surface area contributed by atoms with Crippen LogP contribution in [0.1, 0.15) is 30.9 Å². The van der Waals surface area contributed by atoms with Gasteiger partial charge in [0.15, 0.2) is 0 Å². The Labute approximate surface area is 184 Å². The molecule has 0 radical (unpaired) electrons. The van der Waals surface area contributed by atoms with Crippen LogP contribution in [0.15, 0.2) is 53.4 Å². The molecule has 31 heavy (non-hydrogen) atoms. The number of carbonyl (C=O) groups is 1. The second-order valence-corrected chi connectivity index (χ2v) is 9.32. The zero-order chi connectivity index (χ0) is 22.3. The number of benzene rings is 2. The topological polar surface area (TPSA) is 93.7 Å². The van der Waals surface area contributed by atoms with Crippen molar-refractivity contribution in [2.75, 3.05) is 19.8 Å². The van der Waals surface area contributed by atoms with E-state index in [9.17, 15) is 13.2 Å². The molecule has 1 saturated heterocycles. The van der Waals surface area contributed by atoms with Gasteiger partial charge in [-0.05, 0) is 62.4 Å². The smallest absolute Gasteiger partial charge is 0.241 e. The van der Waals surface area contributed by atoms with E-state index in [0.717, 1.165) is 18.4 Å². The minimum absolute atomic E-state index is 0.0216. The molecule has 2 aromatic rings. The predicted molar refractivity (Wildman–Crippen MR) is 119 cm³/mol. The maximum atomic E-state index is 13.1. The van der Waals surface area contributed by atoms with Gasteiger partial charge in [-0.1, -0.05) is 30.3 Å². The number of hydrogen-bond donors (Lipinski definition) is 2. The minimum Gasteiger partial charge on any atom is -0.494 e. The third kappa shape index (κ3) is 6.53. The quantitative estimate of drug-likeness (QED) is 0.585. The summed E-state index contributed by atoms with van der Waals surface area (Å²) < 4.78 is 39.8. The molecule has 8 heteroatoms. The Morgan fingerprint density at radius 3 is 2.65 bits per heavy atom. The Balaban J connectivity index is 1.77. The van der Waals surface area contributed by atoms with Crippen molar-refractivity contribution in [2.45, 2.75) is 50.2 Å². The lowest BCUT2D eigenvalue weighted by Gasteiger charge is -2.20. The maximum Gasteiger partial charge on any atom is 0.241 e. The summed E-state index contributed by atoms with van der Waals surface area (Å²) in [6.07, 6.45) is 2.08. The van der Waals surface area contributed by atoms with E-state index in [0.29, 0.717) is 31.1 Å². The fourth-order valence-electron chi connectivity index (χ4n) is 3.54. The summed E-state index contributed by atoms with van der Waals surface area (Å²) in [5, 5.41) is 2.85. The average molecular weight is 447 g/mol. The molecule has 2 unspecified atom stereocenters. The Morgan fingerprint density at radius 1 is 1.23 bits per heavy atom. The highest BCUT2D eigenvalue weighted by molar-refractivity contribution is 7.89. The van der Waals surface area contributed by atoms with Crippen molar-refractivity contribution in [2.24, 2.45) is 0 Å². The van der Waals surface area contributed by atoms with Crippen LogP contribution in [0.25, 0.3) is 0 Å². The molecule has 7 nitrogen and oxygen atoms in total. The van der Waals surface area contributed by atoms with Crippen LogP contribution in [0.3, 0.4) is 0 Å². The van der Waals surface area contributed by atoms with Crippen molar-refractivity contribution in [3.8, 4) is 5.75 Å². The van der Waals surface area contributed by atoms with Crippen molar-refractivity contribution in [3.05, 3.63) is 59.7 Å². The van der Waals surface area contributed by atoms with Gasteiger partial charge in [0.05, 0.1) is 17.6 Å². The fourth-order valence-corrected chi connectivity index (χ4v) is 4.82. The molecule has 0 aromatic heterocycles. The Hall–Kier alpha value is -2.42. The lowest BCUT2D eigenvalue weighted by molar-refractivity contribution is -0.123. The average Bonchev–Trinajstić information content (AvgIpc) is 3.27. The third-order valence-electron chi connectivity index (χ3n) is 5.18. The molecule has 2 aromatic carbocycles. The maximum absolute atomic E-state index is 13.1. The van der Waals surface area contributed by atoms with E-state index < -0.39 is 16.1 Å². The highest BCUT2D eigenvalue weighted by Crippen LogP contribution is 2.22. The predicted octanol–water partition coefficient (Wildman–Crippen LogP) is 2.58. The lowest BCUT2D eigenvalue weighted by Crippen LogP contribution is -2.49. The largest absolute Gasteiger partial charge is 0.494 e. The van der Waals surface area contributed by atoms with Crippen LogP contribution in [-0.2, 0) is 26.0 Å². The Morgan fingerprint density at radius 2 is 2.00 bits per heavy atom. The second kappa shape index (κ2) is 10.7. The first-order valence-electron chi connectivity index (χ1n) is 10.6. The summed E-state index contributed by atoms with van der Waals surface area (Å²) in [6, 6.07) is 13.1. The van der Waals surface area contributed by atoms with E-state index in [-0.39, 0.29) is 23.3 Å². The van der Waals surface area contributed by atoms with Crippen LogP contribution >= 0.6 is 0 Å². The van der Waals surface area contributed by atoms with Crippen LogP contribution in [0.5, 0.6) is 5.75 Å². The van der Waals surface area contributed by atoms with Crippen molar-refractivity contribution >= 4 is 15.9 Å². The van der Waals surface area contributed by atoms with Gasteiger partial charge in [0.2, 0.25) is 15.9 Å².